The highest BCUT2D eigenvalue weighted by atomic mass is 32.2. The Balaban J connectivity index is 1.90. The van der Waals surface area contributed by atoms with Gasteiger partial charge in [-0.3, -0.25) is 0 Å². The van der Waals surface area contributed by atoms with Crippen molar-refractivity contribution in [2.24, 2.45) is 0 Å². The number of aliphatic hydroxyl groups excluding tert-OH is 1. The van der Waals surface area contributed by atoms with E-state index in [2.05, 4.69) is 4.72 Å². The monoisotopic (exact) mass is 316 g/mol. The van der Waals surface area contributed by atoms with Crippen LogP contribution in [0, 0.1) is 0 Å². The Labute approximate surface area is 126 Å². The molecule has 1 aliphatic carbocycles. The number of aromatic nitrogens is 1. The van der Waals surface area contributed by atoms with Crippen LogP contribution in [0.5, 0.6) is 0 Å². The number of rotatable bonds is 10. The summed E-state index contributed by atoms with van der Waals surface area (Å²) in [6.45, 7) is 0.995. The van der Waals surface area contributed by atoms with Crippen LogP contribution in [0.2, 0.25) is 0 Å². The summed E-state index contributed by atoms with van der Waals surface area (Å²) >= 11 is 0. The van der Waals surface area contributed by atoms with E-state index in [0.717, 1.165) is 32.1 Å². The molecule has 1 saturated carbocycles. The number of ether oxygens (including phenoxy) is 1. The van der Waals surface area contributed by atoms with E-state index in [1.165, 1.54) is 0 Å². The molecule has 0 radical (unpaired) electrons. The topological polar surface area (TPSA) is 80.6 Å². The minimum Gasteiger partial charge on any atom is -0.390 e. The molecule has 1 heterocycles. The summed E-state index contributed by atoms with van der Waals surface area (Å²) in [5, 5.41) is 9.32. The normalized spacial score (nSPS) is 15.5. The second-order valence-electron chi connectivity index (χ2n) is 5.41. The molecule has 120 valence electrons. The van der Waals surface area contributed by atoms with E-state index in [-0.39, 0.29) is 11.5 Å². The third-order valence-corrected chi connectivity index (χ3v) is 5.06. The Morgan fingerprint density at radius 1 is 1.38 bits per heavy atom. The van der Waals surface area contributed by atoms with Crippen molar-refractivity contribution in [2.75, 3.05) is 20.3 Å². The summed E-state index contributed by atoms with van der Waals surface area (Å²) in [6.07, 6.45) is 6.39. The molecule has 0 aliphatic heterocycles. The lowest BCUT2D eigenvalue weighted by molar-refractivity contribution is 0.192. The standard InChI is InChI=1S/C14H24N2O4S/c1-20-8-4-2-3-7-15-21(18,19)14-9-13(11-17)16(10-14)12-5-6-12/h9-10,12,15,17H,2-8,11H2,1H3. The van der Waals surface area contributed by atoms with E-state index >= 15 is 0 Å². The maximum Gasteiger partial charge on any atom is 0.242 e. The zero-order valence-electron chi connectivity index (χ0n) is 12.4. The molecular formula is C14H24N2O4S. The third-order valence-electron chi connectivity index (χ3n) is 3.64. The summed E-state index contributed by atoms with van der Waals surface area (Å²) in [4.78, 5) is 0.246. The van der Waals surface area contributed by atoms with Crippen LogP contribution in [0.3, 0.4) is 0 Å². The molecular weight excluding hydrogens is 292 g/mol. The van der Waals surface area contributed by atoms with Crippen LogP contribution in [-0.4, -0.2) is 38.4 Å². The number of unbranched alkanes of at least 4 members (excludes halogenated alkanes) is 2. The van der Waals surface area contributed by atoms with Crippen molar-refractivity contribution >= 4 is 10.0 Å². The zero-order chi connectivity index (χ0) is 15.3. The van der Waals surface area contributed by atoms with Gasteiger partial charge in [0.05, 0.1) is 11.5 Å². The fraction of sp³-hybridized carbons (Fsp3) is 0.714. The van der Waals surface area contributed by atoms with Crippen molar-refractivity contribution < 1.29 is 18.3 Å². The molecule has 1 fully saturated rings. The molecule has 0 amide bonds. The molecule has 1 aromatic rings. The van der Waals surface area contributed by atoms with E-state index in [4.69, 9.17) is 4.74 Å². The quantitative estimate of drug-likeness (QED) is 0.640. The molecule has 0 atom stereocenters. The first-order chi connectivity index (χ1) is 10.1. The predicted molar refractivity (Wildman–Crippen MR) is 79.5 cm³/mol. The molecule has 7 heteroatoms. The largest absolute Gasteiger partial charge is 0.390 e. The molecule has 0 unspecified atom stereocenters. The maximum atomic E-state index is 12.2. The molecule has 0 aromatic carbocycles. The van der Waals surface area contributed by atoms with Gasteiger partial charge in [0.25, 0.3) is 0 Å². The average Bonchev–Trinajstić information content (AvgIpc) is 3.21. The number of methoxy groups -OCH3 is 1. The van der Waals surface area contributed by atoms with Crippen molar-refractivity contribution in [3.63, 3.8) is 0 Å². The molecule has 21 heavy (non-hydrogen) atoms. The molecule has 2 N–H and O–H groups in total. The predicted octanol–water partition coefficient (Wildman–Crippen LogP) is 1.41. The third kappa shape index (κ3) is 4.54. The van der Waals surface area contributed by atoms with Crippen molar-refractivity contribution in [3.8, 4) is 0 Å². The minimum atomic E-state index is -3.48. The fourth-order valence-electron chi connectivity index (χ4n) is 2.30. The molecule has 6 nitrogen and oxygen atoms in total. The highest BCUT2D eigenvalue weighted by Gasteiger charge is 2.27. The first-order valence-electron chi connectivity index (χ1n) is 7.38. The van der Waals surface area contributed by atoms with E-state index in [1.54, 1.807) is 19.4 Å². The second-order valence-corrected chi connectivity index (χ2v) is 7.18. The number of nitrogens with zero attached hydrogens (tertiary/aromatic N) is 1. The van der Waals surface area contributed by atoms with Gasteiger partial charge >= 0.3 is 0 Å². The molecule has 0 bridgehead atoms. The van der Waals surface area contributed by atoms with E-state index in [0.29, 0.717) is 24.9 Å². The van der Waals surface area contributed by atoms with Crippen LogP contribution in [0.15, 0.2) is 17.2 Å². The Bertz CT molecular complexity index is 549. The first-order valence-corrected chi connectivity index (χ1v) is 8.87. The fourth-order valence-corrected chi connectivity index (χ4v) is 3.42. The lowest BCUT2D eigenvalue weighted by atomic mass is 10.2. The number of aliphatic hydroxyl groups is 1. The molecule has 1 aliphatic rings. The molecule has 0 saturated heterocycles. The smallest absolute Gasteiger partial charge is 0.242 e. The van der Waals surface area contributed by atoms with Gasteiger partial charge in [0, 0.05) is 38.2 Å². The van der Waals surface area contributed by atoms with Crippen LogP contribution < -0.4 is 4.72 Å². The van der Waals surface area contributed by atoms with Gasteiger partial charge in [-0.2, -0.15) is 0 Å². The van der Waals surface area contributed by atoms with Crippen LogP contribution >= 0.6 is 0 Å². The number of nitrogens with one attached hydrogen (secondary N) is 1. The minimum absolute atomic E-state index is 0.136. The van der Waals surface area contributed by atoms with Crippen LogP contribution in [-0.2, 0) is 21.4 Å². The van der Waals surface area contributed by atoms with Crippen LogP contribution in [0.25, 0.3) is 0 Å². The Kier molecular flexibility index (Phi) is 5.80. The van der Waals surface area contributed by atoms with Crippen LogP contribution in [0.1, 0.15) is 43.8 Å². The van der Waals surface area contributed by atoms with Gasteiger partial charge in [-0.05, 0) is 38.2 Å². The first kappa shape index (κ1) is 16.5. The summed E-state index contributed by atoms with van der Waals surface area (Å²) in [7, 11) is -1.83. The lowest BCUT2D eigenvalue weighted by Gasteiger charge is -2.05. The SMILES string of the molecule is COCCCCCNS(=O)(=O)c1cc(CO)n(C2CC2)c1. The Hall–Kier alpha value is -0.890. The van der Waals surface area contributed by atoms with Gasteiger partial charge in [0.15, 0.2) is 0 Å². The molecule has 2 rings (SSSR count). The molecule has 0 spiro atoms. The lowest BCUT2D eigenvalue weighted by Crippen LogP contribution is -2.24. The number of hydrogen-bond acceptors (Lipinski definition) is 4. The van der Waals surface area contributed by atoms with Crippen molar-refractivity contribution in [2.45, 2.75) is 49.6 Å². The summed E-state index contributed by atoms with van der Waals surface area (Å²) in [5.74, 6) is 0. The summed E-state index contributed by atoms with van der Waals surface area (Å²) < 4.78 is 33.9. The van der Waals surface area contributed by atoms with Gasteiger partial charge in [-0.1, -0.05) is 0 Å². The van der Waals surface area contributed by atoms with Gasteiger partial charge in [0.2, 0.25) is 10.0 Å². The number of hydrogen-bond donors (Lipinski definition) is 2. The summed E-state index contributed by atoms with van der Waals surface area (Å²) in [5.41, 5.74) is 0.665. The second kappa shape index (κ2) is 7.40. The Morgan fingerprint density at radius 2 is 2.14 bits per heavy atom. The van der Waals surface area contributed by atoms with Crippen molar-refractivity contribution in [1.29, 1.82) is 0 Å². The maximum absolute atomic E-state index is 12.2. The highest BCUT2D eigenvalue weighted by molar-refractivity contribution is 7.89. The van der Waals surface area contributed by atoms with Gasteiger partial charge < -0.3 is 14.4 Å². The van der Waals surface area contributed by atoms with E-state index in [1.807, 2.05) is 4.57 Å². The number of sulfonamides is 1. The summed E-state index contributed by atoms with van der Waals surface area (Å²) in [6, 6.07) is 1.91. The highest BCUT2D eigenvalue weighted by Crippen LogP contribution is 2.37. The van der Waals surface area contributed by atoms with E-state index in [9.17, 15) is 13.5 Å². The van der Waals surface area contributed by atoms with E-state index < -0.39 is 10.0 Å². The van der Waals surface area contributed by atoms with Gasteiger partial charge in [0.1, 0.15) is 0 Å². The van der Waals surface area contributed by atoms with Gasteiger partial charge in [-0.15, -0.1) is 0 Å². The zero-order valence-corrected chi connectivity index (χ0v) is 13.2. The van der Waals surface area contributed by atoms with Crippen molar-refractivity contribution in [1.82, 2.24) is 9.29 Å². The van der Waals surface area contributed by atoms with Gasteiger partial charge in [-0.25, -0.2) is 13.1 Å². The van der Waals surface area contributed by atoms with Crippen molar-refractivity contribution in [3.05, 3.63) is 18.0 Å². The van der Waals surface area contributed by atoms with Crippen LogP contribution in [0.4, 0.5) is 0 Å². The average molecular weight is 316 g/mol. The Morgan fingerprint density at radius 3 is 2.76 bits per heavy atom. The molecule has 1 aromatic heterocycles.